The summed E-state index contributed by atoms with van der Waals surface area (Å²) in [5, 5.41) is 3.46. The molecule has 3 rings (SSSR count). The van der Waals surface area contributed by atoms with E-state index < -0.39 is 9.84 Å². The van der Waals surface area contributed by atoms with E-state index in [2.05, 4.69) is 34.2 Å². The Hall–Kier alpha value is -1.08. The smallest absolute Gasteiger partial charge is 0.193 e. The molecule has 0 aromatic heterocycles. The van der Waals surface area contributed by atoms with Gasteiger partial charge >= 0.3 is 0 Å². The van der Waals surface area contributed by atoms with E-state index in [0.717, 1.165) is 51.5 Å². The highest BCUT2D eigenvalue weighted by Crippen LogP contribution is 2.20. The summed E-state index contributed by atoms with van der Waals surface area (Å²) in [6.45, 7) is 7.85. The average Bonchev–Trinajstić information content (AvgIpc) is 3.27. The monoisotopic (exact) mass is 354 g/mol. The molecule has 0 spiro atoms. The molecule has 1 N–H and O–H groups in total. The van der Waals surface area contributed by atoms with Gasteiger partial charge in [-0.2, -0.15) is 0 Å². The van der Waals surface area contributed by atoms with E-state index in [1.807, 2.05) is 0 Å². The number of hydrogen-bond acceptors (Lipinski definition) is 4. The highest BCUT2D eigenvalue weighted by molar-refractivity contribution is 7.91. The fraction of sp³-hybridized carbons (Fsp3) is 0.824. The first-order valence-electron chi connectivity index (χ1n) is 9.20. The van der Waals surface area contributed by atoms with Gasteiger partial charge in [0, 0.05) is 45.3 Å². The van der Waals surface area contributed by atoms with E-state index in [9.17, 15) is 8.42 Å². The summed E-state index contributed by atoms with van der Waals surface area (Å²) in [5.41, 5.74) is 0. The Labute approximate surface area is 145 Å². The summed E-state index contributed by atoms with van der Waals surface area (Å²) in [6, 6.07) is 0.598. The molecule has 0 bridgehead atoms. The summed E-state index contributed by atoms with van der Waals surface area (Å²) >= 11 is 0. The van der Waals surface area contributed by atoms with Gasteiger partial charge in [-0.3, -0.25) is 9.89 Å². The van der Waals surface area contributed by atoms with Gasteiger partial charge in [0.1, 0.15) is 0 Å². The lowest BCUT2D eigenvalue weighted by Crippen LogP contribution is -2.43. The Balaban J connectivity index is 1.58. The van der Waals surface area contributed by atoms with Crippen LogP contribution in [0.25, 0.3) is 0 Å². The first-order chi connectivity index (χ1) is 11.6. The number of likely N-dealkylation sites (tertiary alicyclic amines) is 1. The molecule has 3 heterocycles. The third-order valence-electron chi connectivity index (χ3n) is 5.18. The lowest BCUT2D eigenvalue weighted by Gasteiger charge is -2.26. The molecule has 3 aliphatic rings. The van der Waals surface area contributed by atoms with Gasteiger partial charge < -0.3 is 10.2 Å². The molecule has 0 aliphatic carbocycles. The van der Waals surface area contributed by atoms with Crippen molar-refractivity contribution in [2.75, 3.05) is 50.8 Å². The minimum atomic E-state index is -2.82. The molecular formula is C17H30N4O2S. The molecule has 2 unspecified atom stereocenters. The number of nitrogens with one attached hydrogen (secondary N) is 1. The van der Waals surface area contributed by atoms with Crippen molar-refractivity contribution in [1.82, 2.24) is 15.1 Å². The Kier molecular flexibility index (Phi) is 5.81. The fourth-order valence-electron chi connectivity index (χ4n) is 3.76. The van der Waals surface area contributed by atoms with Crippen molar-refractivity contribution in [2.24, 2.45) is 10.9 Å². The maximum Gasteiger partial charge on any atom is 0.193 e. The third kappa shape index (κ3) is 4.51. The highest BCUT2D eigenvalue weighted by atomic mass is 32.2. The van der Waals surface area contributed by atoms with E-state index in [0.29, 0.717) is 24.1 Å². The number of hydrogen-bond donors (Lipinski definition) is 1. The topological polar surface area (TPSA) is 65.0 Å². The Morgan fingerprint density at radius 3 is 2.75 bits per heavy atom. The van der Waals surface area contributed by atoms with E-state index in [1.54, 1.807) is 0 Å². The standard InChI is InChI=1S/C17H30N4O2S/c1-2-7-18-17(19-12-15-6-11-24(22,23)14-15)21-10-5-16(13-21)20-8-3-4-9-20/h3-4,15-16H,2,5-14H2,1H3,(H,18,19). The van der Waals surface area contributed by atoms with Crippen LogP contribution in [-0.2, 0) is 9.84 Å². The largest absolute Gasteiger partial charge is 0.356 e. The summed E-state index contributed by atoms with van der Waals surface area (Å²) in [4.78, 5) is 9.65. The summed E-state index contributed by atoms with van der Waals surface area (Å²) in [5.74, 6) is 1.79. The fourth-order valence-corrected chi connectivity index (χ4v) is 5.61. The van der Waals surface area contributed by atoms with Gasteiger partial charge in [0.05, 0.1) is 11.5 Å². The Morgan fingerprint density at radius 1 is 1.29 bits per heavy atom. The van der Waals surface area contributed by atoms with E-state index in [1.165, 1.54) is 6.42 Å². The van der Waals surface area contributed by atoms with Crippen molar-refractivity contribution in [1.29, 1.82) is 0 Å². The van der Waals surface area contributed by atoms with E-state index in [-0.39, 0.29) is 5.92 Å². The van der Waals surface area contributed by atoms with Crippen LogP contribution in [0.4, 0.5) is 0 Å². The molecular weight excluding hydrogens is 324 g/mol. The van der Waals surface area contributed by atoms with Crippen LogP contribution in [0.5, 0.6) is 0 Å². The van der Waals surface area contributed by atoms with Gasteiger partial charge in [-0.25, -0.2) is 8.42 Å². The van der Waals surface area contributed by atoms with Crippen LogP contribution in [-0.4, -0.2) is 81.0 Å². The van der Waals surface area contributed by atoms with E-state index >= 15 is 0 Å². The van der Waals surface area contributed by atoms with Crippen LogP contribution in [0.15, 0.2) is 17.1 Å². The number of nitrogens with zero attached hydrogens (tertiary/aromatic N) is 3. The molecule has 2 saturated heterocycles. The third-order valence-corrected chi connectivity index (χ3v) is 7.02. The quantitative estimate of drug-likeness (QED) is 0.448. The van der Waals surface area contributed by atoms with Gasteiger partial charge in [-0.05, 0) is 25.2 Å². The number of rotatable bonds is 5. The lowest BCUT2D eigenvalue weighted by atomic mass is 10.1. The van der Waals surface area contributed by atoms with Crippen LogP contribution in [0.3, 0.4) is 0 Å². The first kappa shape index (κ1) is 17.7. The predicted octanol–water partition coefficient (Wildman–Crippen LogP) is 0.723. The Bertz CT molecular complexity index is 579. The summed E-state index contributed by atoms with van der Waals surface area (Å²) < 4.78 is 23.2. The van der Waals surface area contributed by atoms with Crippen LogP contribution in [0, 0.1) is 5.92 Å². The van der Waals surface area contributed by atoms with Crippen LogP contribution >= 0.6 is 0 Å². The van der Waals surface area contributed by atoms with Gasteiger partial charge in [0.2, 0.25) is 0 Å². The lowest BCUT2D eigenvalue weighted by molar-refractivity contribution is 0.259. The van der Waals surface area contributed by atoms with Crippen molar-refractivity contribution in [3.05, 3.63) is 12.2 Å². The zero-order valence-electron chi connectivity index (χ0n) is 14.7. The van der Waals surface area contributed by atoms with Crippen molar-refractivity contribution in [2.45, 2.75) is 32.2 Å². The van der Waals surface area contributed by atoms with Crippen molar-refractivity contribution >= 4 is 15.8 Å². The molecule has 0 amide bonds. The van der Waals surface area contributed by atoms with Gasteiger partial charge in [-0.15, -0.1) is 0 Å². The van der Waals surface area contributed by atoms with Gasteiger partial charge in [0.25, 0.3) is 0 Å². The molecule has 6 nitrogen and oxygen atoms in total. The second-order valence-corrected chi connectivity index (χ2v) is 9.40. The first-order valence-corrected chi connectivity index (χ1v) is 11.0. The van der Waals surface area contributed by atoms with Gasteiger partial charge in [-0.1, -0.05) is 19.1 Å². The highest BCUT2D eigenvalue weighted by Gasteiger charge is 2.31. The van der Waals surface area contributed by atoms with Crippen molar-refractivity contribution in [3.8, 4) is 0 Å². The number of guanidine groups is 1. The number of aliphatic imine (C=N–C) groups is 1. The molecule has 136 valence electrons. The summed E-state index contributed by atoms with van der Waals surface area (Å²) in [6.07, 6.45) is 7.48. The van der Waals surface area contributed by atoms with Crippen LogP contribution in [0.1, 0.15) is 26.2 Å². The average molecular weight is 355 g/mol. The maximum absolute atomic E-state index is 11.6. The van der Waals surface area contributed by atoms with Crippen molar-refractivity contribution < 1.29 is 8.42 Å². The maximum atomic E-state index is 11.6. The second-order valence-electron chi connectivity index (χ2n) is 7.17. The predicted molar refractivity (Wildman–Crippen MR) is 98.0 cm³/mol. The van der Waals surface area contributed by atoms with Crippen LogP contribution in [0.2, 0.25) is 0 Å². The minimum absolute atomic E-state index is 0.189. The summed E-state index contributed by atoms with van der Waals surface area (Å²) in [7, 11) is -2.82. The van der Waals surface area contributed by atoms with Crippen LogP contribution < -0.4 is 5.32 Å². The molecule has 7 heteroatoms. The zero-order chi connectivity index (χ0) is 17.0. The zero-order valence-corrected chi connectivity index (χ0v) is 15.5. The molecule has 0 aromatic rings. The number of sulfone groups is 1. The Morgan fingerprint density at radius 2 is 2.08 bits per heavy atom. The molecule has 0 aromatic carbocycles. The molecule has 2 fully saturated rings. The van der Waals surface area contributed by atoms with E-state index in [4.69, 9.17) is 4.99 Å². The second kappa shape index (κ2) is 7.87. The normalized spacial score (nSPS) is 30.4. The van der Waals surface area contributed by atoms with Gasteiger partial charge in [0.15, 0.2) is 15.8 Å². The molecule has 0 radical (unpaired) electrons. The molecule has 2 atom stereocenters. The molecule has 24 heavy (non-hydrogen) atoms. The van der Waals surface area contributed by atoms with Crippen molar-refractivity contribution in [3.63, 3.8) is 0 Å². The minimum Gasteiger partial charge on any atom is -0.356 e. The molecule has 3 aliphatic heterocycles. The molecule has 0 saturated carbocycles. The SMILES string of the molecule is CCCNC(=NCC1CCS(=O)(=O)C1)N1CCC(N2CC=CC2)C1.